The molecular formula is C13H18ClFN2O. The molecule has 2 rings (SSSR count). The topological polar surface area (TPSA) is 24.5 Å². The van der Waals surface area contributed by atoms with Gasteiger partial charge in [0.25, 0.3) is 0 Å². The molecule has 0 unspecified atom stereocenters. The monoisotopic (exact) mass is 272 g/mol. The second kappa shape index (κ2) is 6.36. The molecule has 1 heterocycles. The van der Waals surface area contributed by atoms with Crippen LogP contribution in [-0.4, -0.2) is 44.7 Å². The number of piperazine rings is 1. The Labute approximate surface area is 112 Å². The van der Waals surface area contributed by atoms with Gasteiger partial charge in [-0.3, -0.25) is 0 Å². The van der Waals surface area contributed by atoms with Gasteiger partial charge in [0, 0.05) is 43.3 Å². The Kier molecular flexibility index (Phi) is 4.80. The molecular weight excluding hydrogens is 255 g/mol. The van der Waals surface area contributed by atoms with Gasteiger partial charge in [0.15, 0.2) is 11.6 Å². The molecule has 3 nitrogen and oxygen atoms in total. The number of nitrogens with one attached hydrogen (secondary N) is 1. The van der Waals surface area contributed by atoms with E-state index in [9.17, 15) is 4.39 Å². The van der Waals surface area contributed by atoms with Crippen LogP contribution in [0.5, 0.6) is 5.75 Å². The lowest BCUT2D eigenvalue weighted by Gasteiger charge is -2.27. The van der Waals surface area contributed by atoms with Crippen LogP contribution in [0.1, 0.15) is 5.56 Å². The van der Waals surface area contributed by atoms with E-state index in [2.05, 4.69) is 10.2 Å². The van der Waals surface area contributed by atoms with Gasteiger partial charge in [-0.2, -0.15) is 0 Å². The predicted molar refractivity (Wildman–Crippen MR) is 71.0 cm³/mol. The highest BCUT2D eigenvalue weighted by molar-refractivity contribution is 6.31. The zero-order valence-corrected chi connectivity index (χ0v) is 11.3. The molecule has 0 saturated carbocycles. The van der Waals surface area contributed by atoms with Crippen molar-refractivity contribution in [1.82, 2.24) is 10.2 Å². The van der Waals surface area contributed by atoms with E-state index in [0.717, 1.165) is 32.7 Å². The van der Waals surface area contributed by atoms with Crippen molar-refractivity contribution in [3.8, 4) is 5.75 Å². The van der Waals surface area contributed by atoms with Crippen LogP contribution in [0.4, 0.5) is 4.39 Å². The minimum Gasteiger partial charge on any atom is -0.494 e. The molecule has 1 aliphatic heterocycles. The van der Waals surface area contributed by atoms with E-state index >= 15 is 0 Å². The van der Waals surface area contributed by atoms with Crippen LogP contribution in [0, 0.1) is 5.82 Å². The van der Waals surface area contributed by atoms with E-state index in [-0.39, 0.29) is 11.6 Å². The zero-order valence-electron chi connectivity index (χ0n) is 10.5. The average molecular weight is 273 g/mol. The maximum absolute atomic E-state index is 14.0. The Hall–Kier alpha value is -0.840. The first kappa shape index (κ1) is 13.6. The highest BCUT2D eigenvalue weighted by Gasteiger charge is 2.15. The van der Waals surface area contributed by atoms with Crippen molar-refractivity contribution in [3.05, 3.63) is 28.5 Å². The minimum absolute atomic E-state index is 0.259. The van der Waals surface area contributed by atoms with E-state index in [1.54, 1.807) is 12.1 Å². The van der Waals surface area contributed by atoms with Gasteiger partial charge in [0.05, 0.1) is 7.11 Å². The van der Waals surface area contributed by atoms with Crippen LogP contribution >= 0.6 is 11.6 Å². The molecule has 100 valence electrons. The third-order valence-electron chi connectivity index (χ3n) is 3.26. The summed E-state index contributed by atoms with van der Waals surface area (Å²) >= 11 is 6.05. The lowest BCUT2D eigenvalue weighted by atomic mass is 10.1. The number of methoxy groups -OCH3 is 1. The Balaban J connectivity index is 2.03. The van der Waals surface area contributed by atoms with Crippen molar-refractivity contribution in [2.75, 3.05) is 39.8 Å². The van der Waals surface area contributed by atoms with Crippen molar-refractivity contribution >= 4 is 11.6 Å². The van der Waals surface area contributed by atoms with E-state index in [1.807, 2.05) is 0 Å². The molecule has 0 radical (unpaired) electrons. The number of nitrogens with zero attached hydrogens (tertiary/aromatic N) is 1. The zero-order chi connectivity index (χ0) is 13.0. The number of benzene rings is 1. The fraction of sp³-hybridized carbons (Fsp3) is 0.538. The first-order valence-electron chi connectivity index (χ1n) is 6.16. The lowest BCUT2D eigenvalue weighted by molar-refractivity contribution is 0.243. The molecule has 0 aliphatic carbocycles. The van der Waals surface area contributed by atoms with E-state index in [4.69, 9.17) is 16.3 Å². The number of hydrogen-bond donors (Lipinski definition) is 1. The van der Waals surface area contributed by atoms with Crippen molar-refractivity contribution in [1.29, 1.82) is 0 Å². The highest BCUT2D eigenvalue weighted by Crippen LogP contribution is 2.27. The normalized spacial score (nSPS) is 16.8. The molecule has 1 aromatic rings. The van der Waals surface area contributed by atoms with Crippen LogP contribution in [0.15, 0.2) is 12.1 Å². The quantitative estimate of drug-likeness (QED) is 0.907. The standard InChI is InChI=1S/C13H18ClFN2O/c1-18-12-3-2-11(14)10(13(12)15)4-7-17-8-5-16-6-9-17/h2-3,16H,4-9H2,1H3. The minimum atomic E-state index is -0.333. The summed E-state index contributed by atoms with van der Waals surface area (Å²) in [6, 6.07) is 3.25. The predicted octanol–water partition coefficient (Wildman–Crippen LogP) is 1.94. The summed E-state index contributed by atoms with van der Waals surface area (Å²) in [5, 5.41) is 3.77. The van der Waals surface area contributed by atoms with Gasteiger partial charge >= 0.3 is 0 Å². The highest BCUT2D eigenvalue weighted by atomic mass is 35.5. The molecule has 1 fully saturated rings. The maximum Gasteiger partial charge on any atom is 0.169 e. The van der Waals surface area contributed by atoms with Crippen molar-refractivity contribution < 1.29 is 9.13 Å². The van der Waals surface area contributed by atoms with Crippen LogP contribution in [-0.2, 0) is 6.42 Å². The SMILES string of the molecule is COc1ccc(Cl)c(CCN2CCNCC2)c1F. The van der Waals surface area contributed by atoms with Crippen LogP contribution in [0.3, 0.4) is 0 Å². The fourth-order valence-corrected chi connectivity index (χ4v) is 2.41. The van der Waals surface area contributed by atoms with E-state index < -0.39 is 0 Å². The largest absolute Gasteiger partial charge is 0.494 e. The van der Waals surface area contributed by atoms with Gasteiger partial charge in [0.2, 0.25) is 0 Å². The fourth-order valence-electron chi connectivity index (χ4n) is 2.17. The Morgan fingerprint density at radius 1 is 1.39 bits per heavy atom. The molecule has 1 N–H and O–H groups in total. The summed E-state index contributed by atoms with van der Waals surface area (Å²) in [6.07, 6.45) is 0.613. The molecule has 0 aromatic heterocycles. The Morgan fingerprint density at radius 2 is 2.11 bits per heavy atom. The average Bonchev–Trinajstić information content (AvgIpc) is 2.40. The molecule has 1 aliphatic rings. The molecule has 0 amide bonds. The van der Waals surface area contributed by atoms with Gasteiger partial charge in [-0.05, 0) is 18.6 Å². The second-order valence-corrected chi connectivity index (χ2v) is 4.79. The summed E-state index contributed by atoms with van der Waals surface area (Å²) in [5.74, 6) is -0.0742. The smallest absolute Gasteiger partial charge is 0.169 e. The van der Waals surface area contributed by atoms with Gasteiger partial charge < -0.3 is 15.0 Å². The molecule has 18 heavy (non-hydrogen) atoms. The molecule has 0 bridgehead atoms. The van der Waals surface area contributed by atoms with Crippen LogP contribution in [0.2, 0.25) is 5.02 Å². The lowest BCUT2D eigenvalue weighted by Crippen LogP contribution is -2.44. The van der Waals surface area contributed by atoms with Crippen LogP contribution < -0.4 is 10.1 Å². The second-order valence-electron chi connectivity index (χ2n) is 4.38. The molecule has 5 heteroatoms. The van der Waals surface area contributed by atoms with E-state index in [1.165, 1.54) is 7.11 Å². The number of rotatable bonds is 4. The first-order chi connectivity index (χ1) is 8.72. The maximum atomic E-state index is 14.0. The third kappa shape index (κ3) is 3.13. The van der Waals surface area contributed by atoms with Gasteiger partial charge in [-0.25, -0.2) is 4.39 Å². The molecule has 0 atom stereocenters. The van der Waals surface area contributed by atoms with Crippen LogP contribution in [0.25, 0.3) is 0 Å². The Morgan fingerprint density at radius 3 is 2.78 bits per heavy atom. The number of hydrogen-bond acceptors (Lipinski definition) is 3. The summed E-state index contributed by atoms with van der Waals surface area (Å²) < 4.78 is 19.0. The molecule has 0 spiro atoms. The van der Waals surface area contributed by atoms with Gasteiger partial charge in [-0.15, -0.1) is 0 Å². The van der Waals surface area contributed by atoms with Gasteiger partial charge in [0.1, 0.15) is 0 Å². The van der Waals surface area contributed by atoms with Gasteiger partial charge in [-0.1, -0.05) is 11.6 Å². The summed E-state index contributed by atoms with van der Waals surface area (Å²) in [5.41, 5.74) is 0.551. The Bertz CT molecular complexity index is 408. The van der Waals surface area contributed by atoms with Crippen molar-refractivity contribution in [2.45, 2.75) is 6.42 Å². The summed E-state index contributed by atoms with van der Waals surface area (Å²) in [7, 11) is 1.46. The van der Waals surface area contributed by atoms with Crippen molar-refractivity contribution in [2.24, 2.45) is 0 Å². The first-order valence-corrected chi connectivity index (χ1v) is 6.54. The third-order valence-corrected chi connectivity index (χ3v) is 3.61. The summed E-state index contributed by atoms with van der Waals surface area (Å²) in [4.78, 5) is 2.31. The molecule has 1 aromatic carbocycles. The summed E-state index contributed by atoms with van der Waals surface area (Å²) in [6.45, 7) is 4.82. The van der Waals surface area contributed by atoms with Crippen molar-refractivity contribution in [3.63, 3.8) is 0 Å². The number of ether oxygens (including phenoxy) is 1. The number of halogens is 2. The molecule has 1 saturated heterocycles. The van der Waals surface area contributed by atoms with E-state index in [0.29, 0.717) is 17.0 Å².